The number of amides is 1. The van der Waals surface area contributed by atoms with Gasteiger partial charge in [0.05, 0.1) is 19.2 Å². The Hall–Kier alpha value is -1.55. The molecule has 1 heterocycles. The summed E-state index contributed by atoms with van der Waals surface area (Å²) in [6, 6.07) is 7.91. The molecule has 4 heteroatoms. The molecule has 0 bridgehead atoms. The number of rotatable bonds is 5. The standard InChI is InChI=1S/C17H26N2O2/c1-4-15(13-5-7-14(21-3)8-6-13)19-17(20)16-11-12(2)9-10-18-16/h5-8,12,15-16,18H,4,9-11H2,1-3H3,(H,19,20). The van der Waals surface area contributed by atoms with Crippen molar-refractivity contribution in [3.8, 4) is 5.75 Å². The number of benzene rings is 1. The van der Waals surface area contributed by atoms with E-state index in [4.69, 9.17) is 4.74 Å². The van der Waals surface area contributed by atoms with Crippen molar-refractivity contribution >= 4 is 5.91 Å². The number of nitrogens with one attached hydrogen (secondary N) is 2. The summed E-state index contributed by atoms with van der Waals surface area (Å²) in [6.07, 6.45) is 2.95. The summed E-state index contributed by atoms with van der Waals surface area (Å²) in [5.41, 5.74) is 1.12. The van der Waals surface area contributed by atoms with Crippen LogP contribution in [-0.4, -0.2) is 25.6 Å². The Morgan fingerprint density at radius 2 is 2.14 bits per heavy atom. The van der Waals surface area contributed by atoms with Crippen molar-refractivity contribution in [2.45, 2.75) is 45.2 Å². The third-order valence-electron chi connectivity index (χ3n) is 4.23. The fraction of sp³-hybridized carbons (Fsp3) is 0.588. The number of ether oxygens (including phenoxy) is 1. The quantitative estimate of drug-likeness (QED) is 0.876. The molecule has 3 atom stereocenters. The molecule has 0 aliphatic carbocycles. The van der Waals surface area contributed by atoms with Gasteiger partial charge in [-0.05, 0) is 49.4 Å². The Kier molecular flexibility index (Phi) is 5.62. The van der Waals surface area contributed by atoms with Crippen molar-refractivity contribution in [1.29, 1.82) is 0 Å². The van der Waals surface area contributed by atoms with E-state index in [1.165, 1.54) is 0 Å². The van der Waals surface area contributed by atoms with E-state index in [2.05, 4.69) is 24.5 Å². The monoisotopic (exact) mass is 290 g/mol. The minimum absolute atomic E-state index is 0.0546. The second-order valence-electron chi connectivity index (χ2n) is 5.88. The van der Waals surface area contributed by atoms with Crippen LogP contribution in [0, 0.1) is 5.92 Å². The molecule has 0 radical (unpaired) electrons. The SMILES string of the molecule is CCC(NC(=O)C1CC(C)CCN1)c1ccc(OC)cc1. The van der Waals surface area contributed by atoms with Crippen LogP contribution in [0.1, 0.15) is 44.7 Å². The molecule has 0 spiro atoms. The highest BCUT2D eigenvalue weighted by Crippen LogP contribution is 2.21. The Labute approximate surface area is 127 Å². The largest absolute Gasteiger partial charge is 0.497 e. The summed E-state index contributed by atoms with van der Waals surface area (Å²) < 4.78 is 5.17. The first-order valence-corrected chi connectivity index (χ1v) is 7.81. The first-order valence-electron chi connectivity index (χ1n) is 7.81. The molecule has 4 nitrogen and oxygen atoms in total. The lowest BCUT2D eigenvalue weighted by Gasteiger charge is -2.29. The van der Waals surface area contributed by atoms with Gasteiger partial charge in [-0.25, -0.2) is 0 Å². The fourth-order valence-corrected chi connectivity index (χ4v) is 2.84. The second kappa shape index (κ2) is 7.46. The molecule has 1 fully saturated rings. The Bertz CT molecular complexity index is 458. The highest BCUT2D eigenvalue weighted by Gasteiger charge is 2.26. The van der Waals surface area contributed by atoms with Crippen LogP contribution < -0.4 is 15.4 Å². The molecule has 116 valence electrons. The zero-order valence-corrected chi connectivity index (χ0v) is 13.2. The maximum atomic E-state index is 12.4. The van der Waals surface area contributed by atoms with Crippen molar-refractivity contribution in [2.24, 2.45) is 5.92 Å². The average Bonchev–Trinajstić information content (AvgIpc) is 2.52. The number of methoxy groups -OCH3 is 1. The molecule has 2 N–H and O–H groups in total. The van der Waals surface area contributed by atoms with Gasteiger partial charge in [-0.1, -0.05) is 26.0 Å². The third kappa shape index (κ3) is 4.21. The highest BCUT2D eigenvalue weighted by atomic mass is 16.5. The molecule has 1 amide bonds. The van der Waals surface area contributed by atoms with Crippen molar-refractivity contribution in [1.82, 2.24) is 10.6 Å². The topological polar surface area (TPSA) is 50.4 Å². The average molecular weight is 290 g/mol. The number of hydrogen-bond acceptors (Lipinski definition) is 3. The van der Waals surface area contributed by atoms with Gasteiger partial charge in [0.15, 0.2) is 0 Å². The molecule has 3 unspecified atom stereocenters. The molecular weight excluding hydrogens is 264 g/mol. The molecule has 0 aromatic heterocycles. The van der Waals surface area contributed by atoms with Gasteiger partial charge >= 0.3 is 0 Å². The van der Waals surface area contributed by atoms with Crippen LogP contribution in [-0.2, 0) is 4.79 Å². The van der Waals surface area contributed by atoms with Crippen LogP contribution in [0.3, 0.4) is 0 Å². The molecular formula is C17H26N2O2. The summed E-state index contributed by atoms with van der Waals surface area (Å²) in [7, 11) is 1.66. The van der Waals surface area contributed by atoms with Gasteiger partial charge in [0.2, 0.25) is 5.91 Å². The van der Waals surface area contributed by atoms with E-state index in [-0.39, 0.29) is 18.0 Å². The third-order valence-corrected chi connectivity index (χ3v) is 4.23. The summed E-state index contributed by atoms with van der Waals surface area (Å²) >= 11 is 0. The second-order valence-corrected chi connectivity index (χ2v) is 5.88. The van der Waals surface area contributed by atoms with E-state index < -0.39 is 0 Å². The molecule has 1 aromatic rings. The van der Waals surface area contributed by atoms with Crippen molar-refractivity contribution in [3.05, 3.63) is 29.8 Å². The zero-order valence-electron chi connectivity index (χ0n) is 13.2. The van der Waals surface area contributed by atoms with Crippen LogP contribution in [0.25, 0.3) is 0 Å². The lowest BCUT2D eigenvalue weighted by Crippen LogP contribution is -2.49. The maximum Gasteiger partial charge on any atom is 0.237 e. The van der Waals surface area contributed by atoms with Gasteiger partial charge in [0, 0.05) is 0 Å². The molecule has 0 saturated carbocycles. The van der Waals surface area contributed by atoms with Crippen LogP contribution in [0.15, 0.2) is 24.3 Å². The van der Waals surface area contributed by atoms with Gasteiger partial charge in [-0.2, -0.15) is 0 Å². The number of carbonyl (C=O) groups is 1. The predicted octanol–water partition coefficient (Wildman–Crippen LogP) is 2.65. The number of carbonyl (C=O) groups excluding carboxylic acids is 1. The Morgan fingerprint density at radius 1 is 1.43 bits per heavy atom. The van der Waals surface area contributed by atoms with Crippen molar-refractivity contribution in [2.75, 3.05) is 13.7 Å². The fourth-order valence-electron chi connectivity index (χ4n) is 2.84. The van der Waals surface area contributed by atoms with Gasteiger partial charge < -0.3 is 15.4 Å². The van der Waals surface area contributed by atoms with Gasteiger partial charge in [0.25, 0.3) is 0 Å². The smallest absolute Gasteiger partial charge is 0.237 e. The highest BCUT2D eigenvalue weighted by molar-refractivity contribution is 5.82. The van der Waals surface area contributed by atoms with Crippen LogP contribution in [0.2, 0.25) is 0 Å². The molecule has 1 aromatic carbocycles. The zero-order chi connectivity index (χ0) is 15.2. The first kappa shape index (κ1) is 15.8. The lowest BCUT2D eigenvalue weighted by atomic mass is 9.93. The Morgan fingerprint density at radius 3 is 2.71 bits per heavy atom. The Balaban J connectivity index is 1.98. The van der Waals surface area contributed by atoms with E-state index >= 15 is 0 Å². The van der Waals surface area contributed by atoms with Crippen LogP contribution in [0.5, 0.6) is 5.75 Å². The first-order chi connectivity index (χ1) is 10.1. The summed E-state index contributed by atoms with van der Waals surface area (Å²) in [5.74, 6) is 1.56. The van der Waals surface area contributed by atoms with Crippen LogP contribution >= 0.6 is 0 Å². The molecule has 1 aliphatic heterocycles. The van der Waals surface area contributed by atoms with E-state index in [9.17, 15) is 4.79 Å². The minimum atomic E-state index is -0.0546. The van der Waals surface area contributed by atoms with Crippen LogP contribution in [0.4, 0.5) is 0 Å². The van der Waals surface area contributed by atoms with Crippen molar-refractivity contribution < 1.29 is 9.53 Å². The predicted molar refractivity (Wildman–Crippen MR) is 84.4 cm³/mol. The van der Waals surface area contributed by atoms with Gasteiger partial charge in [0.1, 0.15) is 5.75 Å². The van der Waals surface area contributed by atoms with Crippen molar-refractivity contribution in [3.63, 3.8) is 0 Å². The molecule has 1 aliphatic rings. The molecule has 2 rings (SSSR count). The maximum absolute atomic E-state index is 12.4. The van der Waals surface area contributed by atoms with E-state index in [1.54, 1.807) is 7.11 Å². The van der Waals surface area contributed by atoms with E-state index in [0.29, 0.717) is 5.92 Å². The van der Waals surface area contributed by atoms with E-state index in [1.807, 2.05) is 24.3 Å². The molecule has 21 heavy (non-hydrogen) atoms. The summed E-state index contributed by atoms with van der Waals surface area (Å²) in [6.45, 7) is 5.23. The van der Waals surface area contributed by atoms with Gasteiger partial charge in [-0.15, -0.1) is 0 Å². The molecule has 1 saturated heterocycles. The number of hydrogen-bond donors (Lipinski definition) is 2. The normalized spacial score (nSPS) is 23.4. The van der Waals surface area contributed by atoms with Gasteiger partial charge in [-0.3, -0.25) is 4.79 Å². The lowest BCUT2D eigenvalue weighted by molar-refractivity contribution is -0.124. The summed E-state index contributed by atoms with van der Waals surface area (Å²) in [4.78, 5) is 12.4. The van der Waals surface area contributed by atoms with E-state index in [0.717, 1.165) is 37.1 Å². The summed E-state index contributed by atoms with van der Waals surface area (Å²) in [5, 5.41) is 6.48. The number of piperidine rings is 1. The minimum Gasteiger partial charge on any atom is -0.497 e.